The van der Waals surface area contributed by atoms with E-state index < -0.39 is 5.60 Å². The molecule has 1 aliphatic carbocycles. The Balaban J connectivity index is 2.89. The number of aliphatic hydroxyl groups is 1. The summed E-state index contributed by atoms with van der Waals surface area (Å²) in [5.74, 6) is 0.221. The third-order valence-electron chi connectivity index (χ3n) is 3.21. The quantitative estimate of drug-likeness (QED) is 0.647. The Morgan fingerprint density at radius 1 is 1.31 bits per heavy atom. The summed E-state index contributed by atoms with van der Waals surface area (Å²) in [5.41, 5.74) is 1.30. The van der Waals surface area contributed by atoms with Crippen LogP contribution in [0, 0.1) is 5.92 Å². The van der Waals surface area contributed by atoms with E-state index in [1.807, 2.05) is 13.8 Å². The second kappa shape index (κ2) is 3.67. The van der Waals surface area contributed by atoms with Crippen molar-refractivity contribution in [2.45, 2.75) is 45.1 Å². The Morgan fingerprint density at radius 3 is 2.31 bits per heavy atom. The van der Waals surface area contributed by atoms with Crippen molar-refractivity contribution in [1.29, 1.82) is 0 Å². The fraction of sp³-hybridized carbons (Fsp3) is 0.667. The molecule has 0 spiro atoms. The highest BCUT2D eigenvalue weighted by Crippen LogP contribution is 2.41. The summed E-state index contributed by atoms with van der Waals surface area (Å²) < 4.78 is 0. The van der Waals surface area contributed by atoms with Crippen LogP contribution in [0.1, 0.15) is 39.5 Å². The van der Waals surface area contributed by atoms with Gasteiger partial charge < -0.3 is 5.11 Å². The number of hydrogen-bond donors (Lipinski definition) is 1. The maximum atomic E-state index is 10.4. The van der Waals surface area contributed by atoms with Crippen molar-refractivity contribution in [3.8, 4) is 0 Å². The summed E-state index contributed by atoms with van der Waals surface area (Å²) in [4.78, 5) is 0. The average molecular weight is 180 g/mol. The summed E-state index contributed by atoms with van der Waals surface area (Å²) in [5, 5.41) is 10.4. The first kappa shape index (κ1) is 10.5. The first-order chi connectivity index (χ1) is 5.98. The van der Waals surface area contributed by atoms with Crippen LogP contribution in [0.3, 0.4) is 0 Å². The van der Waals surface area contributed by atoms with E-state index in [-0.39, 0.29) is 5.92 Å². The zero-order chi connectivity index (χ0) is 10.1. The van der Waals surface area contributed by atoms with Gasteiger partial charge in [0.1, 0.15) is 0 Å². The normalized spacial score (nSPS) is 34.2. The van der Waals surface area contributed by atoms with Gasteiger partial charge in [-0.15, -0.1) is 0 Å². The molecule has 13 heavy (non-hydrogen) atoms. The maximum absolute atomic E-state index is 10.4. The highest BCUT2D eigenvalue weighted by atomic mass is 16.3. The molecule has 1 nitrogen and oxygen atoms in total. The molecule has 1 heteroatoms. The van der Waals surface area contributed by atoms with E-state index >= 15 is 0 Å². The lowest BCUT2D eigenvalue weighted by Gasteiger charge is -2.41. The lowest BCUT2D eigenvalue weighted by atomic mass is 9.69. The summed E-state index contributed by atoms with van der Waals surface area (Å²) >= 11 is 0. The molecule has 1 saturated carbocycles. The van der Waals surface area contributed by atoms with Crippen LogP contribution in [0.25, 0.3) is 0 Å². The van der Waals surface area contributed by atoms with Gasteiger partial charge in [-0.1, -0.05) is 31.6 Å². The molecular weight excluding hydrogens is 160 g/mol. The van der Waals surface area contributed by atoms with Crippen LogP contribution in [-0.2, 0) is 0 Å². The molecule has 0 aromatic heterocycles. The molecule has 0 aromatic rings. The van der Waals surface area contributed by atoms with Crippen molar-refractivity contribution >= 4 is 0 Å². The van der Waals surface area contributed by atoms with Crippen LogP contribution in [0.4, 0.5) is 0 Å². The van der Waals surface area contributed by atoms with Gasteiger partial charge in [-0.25, -0.2) is 0 Å². The van der Waals surface area contributed by atoms with Gasteiger partial charge in [-0.3, -0.25) is 0 Å². The summed E-state index contributed by atoms with van der Waals surface area (Å²) in [6.07, 6.45) is 4.21. The van der Waals surface area contributed by atoms with Crippen LogP contribution in [0.15, 0.2) is 24.3 Å². The molecule has 1 fully saturated rings. The van der Waals surface area contributed by atoms with Crippen molar-refractivity contribution in [1.82, 2.24) is 0 Å². The first-order valence-corrected chi connectivity index (χ1v) is 5.02. The molecule has 0 saturated heterocycles. The van der Waals surface area contributed by atoms with E-state index in [2.05, 4.69) is 13.2 Å². The van der Waals surface area contributed by atoms with Gasteiger partial charge in [-0.2, -0.15) is 0 Å². The topological polar surface area (TPSA) is 20.2 Å². The zero-order valence-electron chi connectivity index (χ0n) is 8.77. The van der Waals surface area contributed by atoms with E-state index in [0.29, 0.717) is 0 Å². The van der Waals surface area contributed by atoms with E-state index in [1.165, 1.54) is 6.42 Å². The fourth-order valence-corrected chi connectivity index (χ4v) is 2.32. The van der Waals surface area contributed by atoms with Gasteiger partial charge in [0, 0.05) is 5.92 Å². The van der Waals surface area contributed by atoms with Crippen LogP contribution in [-0.4, -0.2) is 10.7 Å². The van der Waals surface area contributed by atoms with Crippen molar-refractivity contribution in [3.63, 3.8) is 0 Å². The van der Waals surface area contributed by atoms with Crippen LogP contribution in [0.5, 0.6) is 0 Å². The van der Waals surface area contributed by atoms with E-state index in [0.717, 1.165) is 30.4 Å². The van der Waals surface area contributed by atoms with Crippen LogP contribution < -0.4 is 0 Å². The summed E-state index contributed by atoms with van der Waals surface area (Å²) in [7, 11) is 0. The minimum Gasteiger partial charge on any atom is -0.385 e. The van der Waals surface area contributed by atoms with Crippen molar-refractivity contribution in [2.24, 2.45) is 5.92 Å². The Bertz CT molecular complexity index is 229. The predicted molar refractivity (Wildman–Crippen MR) is 56.5 cm³/mol. The van der Waals surface area contributed by atoms with Gasteiger partial charge in [0.25, 0.3) is 0 Å². The number of rotatable bonds is 2. The molecule has 0 heterocycles. The predicted octanol–water partition coefficient (Wildman–Crippen LogP) is 3.06. The Labute approximate surface area is 81.2 Å². The van der Waals surface area contributed by atoms with E-state index in [4.69, 9.17) is 0 Å². The van der Waals surface area contributed by atoms with Gasteiger partial charge in [-0.05, 0) is 32.3 Å². The number of hydrogen-bond acceptors (Lipinski definition) is 1. The smallest absolute Gasteiger partial charge is 0.0916 e. The van der Waals surface area contributed by atoms with Crippen molar-refractivity contribution in [3.05, 3.63) is 24.3 Å². The second-order valence-electron chi connectivity index (χ2n) is 4.35. The monoisotopic (exact) mass is 180 g/mol. The molecule has 2 unspecified atom stereocenters. The van der Waals surface area contributed by atoms with Crippen LogP contribution in [0.2, 0.25) is 0 Å². The zero-order valence-corrected chi connectivity index (χ0v) is 8.77. The third-order valence-corrected chi connectivity index (χ3v) is 3.21. The van der Waals surface area contributed by atoms with Gasteiger partial charge >= 0.3 is 0 Å². The molecule has 1 rings (SSSR count). The minimum atomic E-state index is -0.677. The van der Waals surface area contributed by atoms with Crippen molar-refractivity contribution in [2.75, 3.05) is 0 Å². The third kappa shape index (κ3) is 1.86. The highest BCUT2D eigenvalue weighted by Gasteiger charge is 2.39. The average Bonchev–Trinajstić information content (AvgIpc) is 2.04. The molecule has 0 aliphatic heterocycles. The first-order valence-electron chi connectivity index (χ1n) is 5.02. The Kier molecular flexibility index (Phi) is 2.97. The second-order valence-corrected chi connectivity index (χ2v) is 4.35. The van der Waals surface area contributed by atoms with E-state index in [9.17, 15) is 5.11 Å². The Morgan fingerprint density at radius 2 is 1.92 bits per heavy atom. The van der Waals surface area contributed by atoms with Gasteiger partial charge in [0.05, 0.1) is 5.60 Å². The Hall–Kier alpha value is -0.560. The maximum Gasteiger partial charge on any atom is 0.0916 e. The largest absolute Gasteiger partial charge is 0.385 e. The molecule has 2 atom stereocenters. The molecule has 0 bridgehead atoms. The fourth-order valence-electron chi connectivity index (χ4n) is 2.32. The summed E-state index contributed by atoms with van der Waals surface area (Å²) in [6.45, 7) is 11.8. The molecule has 74 valence electrons. The standard InChI is InChI=1S/C12H20O/c1-9(2)11-7-5-6-8-12(11,13)10(3)4/h11,13H,1,3,5-8H2,2,4H3. The molecule has 1 N–H and O–H groups in total. The van der Waals surface area contributed by atoms with E-state index in [1.54, 1.807) is 0 Å². The SMILES string of the molecule is C=C(C)C1CCCCC1(O)C(=C)C. The summed E-state index contributed by atoms with van der Waals surface area (Å²) in [6, 6.07) is 0. The van der Waals surface area contributed by atoms with Crippen molar-refractivity contribution < 1.29 is 5.11 Å². The lowest BCUT2D eigenvalue weighted by molar-refractivity contribution is 0.000648. The molecule has 0 aromatic carbocycles. The lowest BCUT2D eigenvalue weighted by Crippen LogP contribution is -2.41. The molecule has 0 amide bonds. The van der Waals surface area contributed by atoms with Gasteiger partial charge in [0.15, 0.2) is 0 Å². The van der Waals surface area contributed by atoms with Gasteiger partial charge in [0.2, 0.25) is 0 Å². The minimum absolute atomic E-state index is 0.221. The highest BCUT2D eigenvalue weighted by molar-refractivity contribution is 5.20. The molecule has 0 radical (unpaired) electrons. The molecule has 1 aliphatic rings. The van der Waals surface area contributed by atoms with Crippen LogP contribution >= 0.6 is 0 Å². The molecular formula is C12H20O.